The zero-order valence-electron chi connectivity index (χ0n) is 14.4. The van der Waals surface area contributed by atoms with Crippen LogP contribution in [0.15, 0.2) is 36.0 Å². The minimum Gasteiger partial charge on any atom is -0.481 e. The molecule has 0 bridgehead atoms. The Kier molecular flexibility index (Phi) is 7.44. The third-order valence-electron chi connectivity index (χ3n) is 4.54. The lowest BCUT2D eigenvalue weighted by molar-refractivity contribution is -0.137. The van der Waals surface area contributed by atoms with Crippen molar-refractivity contribution in [1.82, 2.24) is 0 Å². The normalized spacial score (nSPS) is 27.5. The van der Waals surface area contributed by atoms with Gasteiger partial charge in [0.15, 0.2) is 5.78 Å². The Bertz CT molecular complexity index is 530. The molecule has 0 spiro atoms. The van der Waals surface area contributed by atoms with E-state index in [0.717, 1.165) is 24.8 Å². The molecule has 0 radical (unpaired) electrons. The zero-order chi connectivity index (χ0) is 17.4. The van der Waals surface area contributed by atoms with Crippen molar-refractivity contribution in [1.29, 1.82) is 0 Å². The van der Waals surface area contributed by atoms with Crippen LogP contribution in [0.5, 0.6) is 0 Å². The number of carboxylic acids is 1. The van der Waals surface area contributed by atoms with Gasteiger partial charge in [0.1, 0.15) is 6.10 Å². The number of rotatable bonds is 11. The number of allylic oxidation sites excluding steroid dienone is 5. The van der Waals surface area contributed by atoms with Crippen LogP contribution in [0, 0.1) is 5.92 Å². The Balaban J connectivity index is 1.76. The molecule has 132 valence electrons. The minimum absolute atomic E-state index is 0.0197. The summed E-state index contributed by atoms with van der Waals surface area (Å²) in [5.41, 5.74) is 0.832. The van der Waals surface area contributed by atoms with Crippen molar-refractivity contribution >= 4 is 11.8 Å². The standard InChI is InChI=1S/C20H28O4/c1-2-3-4-5-6-7-9-15-12-13-17(21)16(15)14-19-18(24-19)10-8-11-20(22)23/h6-7,12-15,18-19H,2-5,8-11H2,1H3,(H,22,23)/b7-6-,16-14+/t15-,18+,19-/m0/s1. The number of epoxide rings is 1. The van der Waals surface area contributed by atoms with E-state index in [0.29, 0.717) is 6.42 Å². The fourth-order valence-corrected chi connectivity index (χ4v) is 3.04. The van der Waals surface area contributed by atoms with E-state index in [1.807, 2.05) is 12.2 Å². The van der Waals surface area contributed by atoms with Crippen LogP contribution < -0.4 is 0 Å². The fraction of sp³-hybridized carbons (Fsp3) is 0.600. The second-order valence-corrected chi connectivity index (χ2v) is 6.58. The molecular formula is C20H28O4. The molecule has 1 saturated heterocycles. The molecule has 1 heterocycles. The van der Waals surface area contributed by atoms with E-state index < -0.39 is 5.97 Å². The highest BCUT2D eigenvalue weighted by Crippen LogP contribution is 2.33. The van der Waals surface area contributed by atoms with E-state index in [1.54, 1.807) is 6.08 Å². The van der Waals surface area contributed by atoms with Crippen molar-refractivity contribution in [3.8, 4) is 0 Å². The summed E-state index contributed by atoms with van der Waals surface area (Å²) in [5.74, 6) is -0.533. The molecule has 2 rings (SSSR count). The van der Waals surface area contributed by atoms with Gasteiger partial charge in [-0.05, 0) is 44.3 Å². The van der Waals surface area contributed by atoms with Gasteiger partial charge in [0.2, 0.25) is 0 Å². The Morgan fingerprint density at radius 3 is 2.88 bits per heavy atom. The van der Waals surface area contributed by atoms with Gasteiger partial charge in [-0.2, -0.15) is 0 Å². The molecular weight excluding hydrogens is 304 g/mol. The first-order valence-corrected chi connectivity index (χ1v) is 9.08. The van der Waals surface area contributed by atoms with Crippen molar-refractivity contribution in [2.45, 2.75) is 70.5 Å². The molecule has 1 aliphatic carbocycles. The average Bonchev–Trinajstić information content (AvgIpc) is 3.19. The molecule has 0 unspecified atom stereocenters. The summed E-state index contributed by atoms with van der Waals surface area (Å²) >= 11 is 0. The van der Waals surface area contributed by atoms with Crippen LogP contribution in [0.1, 0.15) is 58.3 Å². The van der Waals surface area contributed by atoms with Gasteiger partial charge in [-0.15, -0.1) is 0 Å². The van der Waals surface area contributed by atoms with E-state index in [2.05, 4.69) is 19.1 Å². The van der Waals surface area contributed by atoms with Crippen molar-refractivity contribution < 1.29 is 19.4 Å². The number of aliphatic carboxylic acids is 1. The van der Waals surface area contributed by atoms with Crippen LogP contribution in [0.2, 0.25) is 0 Å². The lowest BCUT2D eigenvalue weighted by Crippen LogP contribution is -2.05. The van der Waals surface area contributed by atoms with Crippen molar-refractivity contribution in [3.63, 3.8) is 0 Å². The lowest BCUT2D eigenvalue weighted by atomic mass is 9.96. The summed E-state index contributed by atoms with van der Waals surface area (Å²) in [7, 11) is 0. The van der Waals surface area contributed by atoms with Crippen molar-refractivity contribution in [2.24, 2.45) is 5.92 Å². The Morgan fingerprint density at radius 1 is 1.29 bits per heavy atom. The third-order valence-corrected chi connectivity index (χ3v) is 4.54. The van der Waals surface area contributed by atoms with Crippen LogP contribution >= 0.6 is 0 Å². The SMILES string of the molecule is CCCCC/C=C\C[C@H]1C=CC(=O)/C1=C/[C@@H]1O[C@@H]1CCCC(=O)O. The van der Waals surface area contributed by atoms with Gasteiger partial charge >= 0.3 is 5.97 Å². The maximum absolute atomic E-state index is 12.0. The van der Waals surface area contributed by atoms with Crippen LogP contribution in [-0.2, 0) is 14.3 Å². The first kappa shape index (κ1) is 18.7. The van der Waals surface area contributed by atoms with Gasteiger partial charge in [-0.25, -0.2) is 0 Å². The van der Waals surface area contributed by atoms with Gasteiger partial charge in [0.25, 0.3) is 0 Å². The van der Waals surface area contributed by atoms with Crippen LogP contribution in [0.3, 0.4) is 0 Å². The van der Waals surface area contributed by atoms with Crippen LogP contribution in [0.4, 0.5) is 0 Å². The quantitative estimate of drug-likeness (QED) is 0.266. The summed E-state index contributed by atoms with van der Waals surface area (Å²) in [5, 5.41) is 8.65. The molecule has 3 atom stereocenters. The molecule has 0 saturated carbocycles. The first-order chi connectivity index (χ1) is 11.6. The Morgan fingerprint density at radius 2 is 2.12 bits per heavy atom. The van der Waals surface area contributed by atoms with E-state index in [9.17, 15) is 9.59 Å². The number of ketones is 1. The van der Waals surface area contributed by atoms with Crippen LogP contribution in [0.25, 0.3) is 0 Å². The second kappa shape index (κ2) is 9.58. The van der Waals surface area contributed by atoms with Gasteiger partial charge < -0.3 is 9.84 Å². The molecule has 2 aliphatic rings. The smallest absolute Gasteiger partial charge is 0.303 e. The lowest BCUT2D eigenvalue weighted by Gasteiger charge is -2.06. The predicted octanol–water partition coefficient (Wildman–Crippen LogP) is 4.22. The highest BCUT2D eigenvalue weighted by molar-refractivity contribution is 6.07. The maximum atomic E-state index is 12.0. The number of unbranched alkanes of at least 4 members (excludes halogenated alkanes) is 3. The van der Waals surface area contributed by atoms with E-state index in [1.165, 1.54) is 19.3 Å². The monoisotopic (exact) mass is 332 g/mol. The molecule has 4 heteroatoms. The van der Waals surface area contributed by atoms with E-state index in [4.69, 9.17) is 9.84 Å². The summed E-state index contributed by atoms with van der Waals surface area (Å²) < 4.78 is 5.56. The Hall–Kier alpha value is -1.68. The summed E-state index contributed by atoms with van der Waals surface area (Å²) in [4.78, 5) is 22.5. The minimum atomic E-state index is -0.772. The molecule has 4 nitrogen and oxygen atoms in total. The maximum Gasteiger partial charge on any atom is 0.303 e. The van der Waals surface area contributed by atoms with E-state index >= 15 is 0 Å². The number of carboxylic acid groups (broad SMARTS) is 1. The molecule has 0 aromatic carbocycles. The summed E-state index contributed by atoms with van der Waals surface area (Å²) in [6.07, 6.45) is 17.3. The number of hydrogen-bond acceptors (Lipinski definition) is 3. The topological polar surface area (TPSA) is 66.9 Å². The van der Waals surface area contributed by atoms with Gasteiger partial charge in [-0.1, -0.05) is 38.0 Å². The largest absolute Gasteiger partial charge is 0.481 e. The molecule has 24 heavy (non-hydrogen) atoms. The molecule has 0 amide bonds. The molecule has 1 fully saturated rings. The van der Waals surface area contributed by atoms with E-state index in [-0.39, 0.29) is 30.3 Å². The zero-order valence-corrected chi connectivity index (χ0v) is 14.4. The number of ether oxygens (including phenoxy) is 1. The first-order valence-electron chi connectivity index (χ1n) is 9.08. The predicted molar refractivity (Wildman–Crippen MR) is 93.8 cm³/mol. The van der Waals surface area contributed by atoms with Crippen molar-refractivity contribution in [3.05, 3.63) is 36.0 Å². The molecule has 1 aliphatic heterocycles. The van der Waals surface area contributed by atoms with Gasteiger partial charge in [0.05, 0.1) is 6.10 Å². The van der Waals surface area contributed by atoms with Gasteiger partial charge in [-0.3, -0.25) is 9.59 Å². The molecule has 0 aromatic heterocycles. The number of carbonyl (C=O) groups is 2. The number of carbonyl (C=O) groups excluding carboxylic acids is 1. The highest BCUT2D eigenvalue weighted by atomic mass is 16.6. The molecule has 1 N–H and O–H groups in total. The number of hydrogen-bond donors (Lipinski definition) is 1. The second-order valence-electron chi connectivity index (χ2n) is 6.58. The summed E-state index contributed by atoms with van der Waals surface area (Å²) in [6.45, 7) is 2.20. The van der Waals surface area contributed by atoms with Crippen molar-refractivity contribution in [2.75, 3.05) is 0 Å². The Labute approximate surface area is 144 Å². The molecule has 0 aromatic rings. The van der Waals surface area contributed by atoms with Crippen LogP contribution in [-0.4, -0.2) is 29.1 Å². The average molecular weight is 332 g/mol. The van der Waals surface area contributed by atoms with Gasteiger partial charge in [0, 0.05) is 17.9 Å². The summed E-state index contributed by atoms with van der Waals surface area (Å²) in [6, 6.07) is 0. The highest BCUT2D eigenvalue weighted by Gasteiger charge is 2.38. The fourth-order valence-electron chi connectivity index (χ4n) is 3.04. The third kappa shape index (κ3) is 6.08.